The van der Waals surface area contributed by atoms with Crippen LogP contribution in [0.2, 0.25) is 0 Å². The normalized spacial score (nSPS) is 27.6. The minimum atomic E-state index is 0.666. The van der Waals surface area contributed by atoms with Gasteiger partial charge in [-0.25, -0.2) is 0 Å². The smallest absolute Gasteiger partial charge is 0.0210 e. The zero-order valence-electron chi connectivity index (χ0n) is 8.46. The molecule has 1 nitrogen and oxygen atoms in total. The van der Waals surface area contributed by atoms with Crippen molar-refractivity contribution < 1.29 is 0 Å². The third-order valence-electron chi connectivity index (χ3n) is 3.13. The average Bonchev–Trinajstić information content (AvgIpc) is 2.20. The monoisotopic (exact) mass is 253 g/mol. The Hall–Kier alpha value is -0.340. The molecule has 0 radical (unpaired) electrons. The highest BCUT2D eigenvalue weighted by atomic mass is 79.9. The molecule has 1 aromatic rings. The molecule has 2 atom stereocenters. The summed E-state index contributed by atoms with van der Waals surface area (Å²) in [6.07, 6.45) is 1.28. The van der Waals surface area contributed by atoms with Crippen molar-refractivity contribution in [2.75, 3.05) is 13.1 Å². The van der Waals surface area contributed by atoms with E-state index in [0.717, 1.165) is 12.5 Å². The Morgan fingerprint density at radius 2 is 2.14 bits per heavy atom. The van der Waals surface area contributed by atoms with Crippen LogP contribution in [0.15, 0.2) is 28.7 Å². The lowest BCUT2D eigenvalue weighted by molar-refractivity contribution is 0.347. The van der Waals surface area contributed by atoms with E-state index in [1.165, 1.54) is 23.0 Å². The molecule has 0 bridgehead atoms. The molecule has 0 aliphatic carbocycles. The number of hydrogen-bond donors (Lipinski definition) is 1. The largest absolute Gasteiger partial charge is 0.316 e. The molecule has 1 saturated heterocycles. The van der Waals surface area contributed by atoms with Crippen LogP contribution in [-0.2, 0) is 0 Å². The van der Waals surface area contributed by atoms with E-state index in [-0.39, 0.29) is 0 Å². The summed E-state index contributed by atoms with van der Waals surface area (Å²) in [7, 11) is 0. The Bertz CT molecular complexity index is 311. The topological polar surface area (TPSA) is 12.0 Å². The molecule has 1 aliphatic heterocycles. The summed E-state index contributed by atoms with van der Waals surface area (Å²) in [5, 5.41) is 3.47. The van der Waals surface area contributed by atoms with Gasteiger partial charge in [0.05, 0.1) is 0 Å². The molecule has 0 amide bonds. The van der Waals surface area contributed by atoms with Gasteiger partial charge in [-0.2, -0.15) is 0 Å². The van der Waals surface area contributed by atoms with E-state index in [2.05, 4.69) is 52.4 Å². The molecule has 0 spiro atoms. The number of rotatable bonds is 1. The lowest BCUT2D eigenvalue weighted by Crippen LogP contribution is -2.33. The van der Waals surface area contributed by atoms with Gasteiger partial charge in [0.2, 0.25) is 0 Å². The van der Waals surface area contributed by atoms with E-state index in [4.69, 9.17) is 0 Å². The minimum absolute atomic E-state index is 0.666. The van der Waals surface area contributed by atoms with Crippen molar-refractivity contribution in [2.45, 2.75) is 19.3 Å². The number of nitrogens with one attached hydrogen (secondary N) is 1. The fourth-order valence-electron chi connectivity index (χ4n) is 2.18. The second-order valence-electron chi connectivity index (χ2n) is 4.10. The van der Waals surface area contributed by atoms with Crippen molar-refractivity contribution in [2.24, 2.45) is 5.92 Å². The zero-order chi connectivity index (χ0) is 9.97. The van der Waals surface area contributed by atoms with Crippen molar-refractivity contribution in [3.05, 3.63) is 34.3 Å². The van der Waals surface area contributed by atoms with Crippen LogP contribution in [0.3, 0.4) is 0 Å². The molecule has 2 rings (SSSR count). The van der Waals surface area contributed by atoms with Gasteiger partial charge in [0, 0.05) is 16.9 Å². The van der Waals surface area contributed by atoms with Crippen LogP contribution < -0.4 is 5.32 Å². The second-order valence-corrected chi connectivity index (χ2v) is 4.95. The Balaban J connectivity index is 2.25. The molecule has 2 heteroatoms. The summed E-state index contributed by atoms with van der Waals surface area (Å²) < 4.78 is 1.25. The van der Waals surface area contributed by atoms with Gasteiger partial charge >= 0.3 is 0 Å². The molecule has 76 valence electrons. The second kappa shape index (κ2) is 4.45. The first-order chi connectivity index (χ1) is 6.79. The highest BCUT2D eigenvalue weighted by Crippen LogP contribution is 2.33. The van der Waals surface area contributed by atoms with Crippen LogP contribution in [-0.4, -0.2) is 13.1 Å². The van der Waals surface area contributed by atoms with E-state index >= 15 is 0 Å². The number of piperidine rings is 1. The van der Waals surface area contributed by atoms with Crippen LogP contribution in [0, 0.1) is 5.92 Å². The molecule has 14 heavy (non-hydrogen) atoms. The Morgan fingerprint density at radius 3 is 2.86 bits per heavy atom. The molecule has 1 aromatic carbocycles. The molecule has 1 fully saturated rings. The molecule has 1 N–H and O–H groups in total. The summed E-state index contributed by atoms with van der Waals surface area (Å²) in [5.41, 5.74) is 1.45. The van der Waals surface area contributed by atoms with E-state index in [9.17, 15) is 0 Å². The van der Waals surface area contributed by atoms with Gasteiger partial charge in [-0.05, 0) is 30.5 Å². The van der Waals surface area contributed by atoms with Gasteiger partial charge < -0.3 is 5.32 Å². The van der Waals surface area contributed by atoms with Crippen molar-refractivity contribution >= 4 is 15.9 Å². The SMILES string of the molecule is CC1CCNCC1c1ccccc1Br. The van der Waals surface area contributed by atoms with Crippen molar-refractivity contribution in [1.29, 1.82) is 0 Å². The van der Waals surface area contributed by atoms with E-state index in [1.54, 1.807) is 0 Å². The molecular formula is C12H16BrN. The fraction of sp³-hybridized carbons (Fsp3) is 0.500. The minimum Gasteiger partial charge on any atom is -0.316 e. The first kappa shape index (κ1) is 10.2. The molecule has 0 aromatic heterocycles. The number of benzene rings is 1. The fourth-order valence-corrected chi connectivity index (χ4v) is 2.76. The molecule has 1 aliphatic rings. The Labute approximate surface area is 94.0 Å². The van der Waals surface area contributed by atoms with E-state index in [0.29, 0.717) is 5.92 Å². The van der Waals surface area contributed by atoms with Gasteiger partial charge in [0.25, 0.3) is 0 Å². The predicted octanol–water partition coefficient (Wildman–Crippen LogP) is 3.16. The van der Waals surface area contributed by atoms with E-state index < -0.39 is 0 Å². The van der Waals surface area contributed by atoms with Gasteiger partial charge in [0.1, 0.15) is 0 Å². The van der Waals surface area contributed by atoms with Gasteiger partial charge in [-0.3, -0.25) is 0 Å². The van der Waals surface area contributed by atoms with Crippen molar-refractivity contribution in [1.82, 2.24) is 5.32 Å². The standard InChI is InChI=1S/C12H16BrN/c1-9-6-7-14-8-11(9)10-4-2-3-5-12(10)13/h2-5,9,11,14H,6-8H2,1H3. The van der Waals surface area contributed by atoms with Crippen LogP contribution in [0.25, 0.3) is 0 Å². The molecule has 1 heterocycles. The molecule has 0 saturated carbocycles. The number of halogens is 1. The number of hydrogen-bond acceptors (Lipinski definition) is 1. The quantitative estimate of drug-likeness (QED) is 0.811. The Kier molecular flexibility index (Phi) is 3.24. The van der Waals surface area contributed by atoms with Gasteiger partial charge in [-0.1, -0.05) is 41.1 Å². The lowest BCUT2D eigenvalue weighted by Gasteiger charge is -2.30. The summed E-state index contributed by atoms with van der Waals surface area (Å²) in [4.78, 5) is 0. The highest BCUT2D eigenvalue weighted by Gasteiger charge is 2.23. The Morgan fingerprint density at radius 1 is 1.36 bits per heavy atom. The van der Waals surface area contributed by atoms with Crippen molar-refractivity contribution in [3.8, 4) is 0 Å². The van der Waals surface area contributed by atoms with E-state index in [1.807, 2.05) is 0 Å². The maximum absolute atomic E-state index is 3.63. The van der Waals surface area contributed by atoms with Crippen LogP contribution in [0.5, 0.6) is 0 Å². The van der Waals surface area contributed by atoms with Gasteiger partial charge in [-0.15, -0.1) is 0 Å². The van der Waals surface area contributed by atoms with Crippen molar-refractivity contribution in [3.63, 3.8) is 0 Å². The first-order valence-electron chi connectivity index (χ1n) is 5.24. The summed E-state index contributed by atoms with van der Waals surface area (Å²) in [5.74, 6) is 1.45. The molecule has 2 unspecified atom stereocenters. The van der Waals surface area contributed by atoms with Gasteiger partial charge in [0.15, 0.2) is 0 Å². The summed E-state index contributed by atoms with van der Waals surface area (Å²) in [6, 6.07) is 8.57. The third kappa shape index (κ3) is 2.01. The zero-order valence-corrected chi connectivity index (χ0v) is 10.0. The highest BCUT2D eigenvalue weighted by molar-refractivity contribution is 9.10. The van der Waals surface area contributed by atoms with Crippen LogP contribution in [0.1, 0.15) is 24.8 Å². The van der Waals surface area contributed by atoms with Crippen LogP contribution in [0.4, 0.5) is 0 Å². The summed E-state index contributed by atoms with van der Waals surface area (Å²) >= 11 is 3.63. The van der Waals surface area contributed by atoms with Crippen LogP contribution >= 0.6 is 15.9 Å². The first-order valence-corrected chi connectivity index (χ1v) is 6.03. The predicted molar refractivity (Wildman–Crippen MR) is 63.5 cm³/mol. The summed E-state index contributed by atoms with van der Waals surface area (Å²) in [6.45, 7) is 4.64. The lowest BCUT2D eigenvalue weighted by atomic mass is 9.83. The molecular weight excluding hydrogens is 238 g/mol. The average molecular weight is 254 g/mol. The maximum Gasteiger partial charge on any atom is 0.0210 e. The maximum atomic E-state index is 3.63. The third-order valence-corrected chi connectivity index (χ3v) is 3.85.